The smallest absolute Gasteiger partial charge is 0.305 e. The van der Waals surface area contributed by atoms with Crippen LogP contribution in [0.25, 0.3) is 0 Å². The van der Waals surface area contributed by atoms with Crippen LogP contribution in [0, 0.1) is 5.41 Å². The molecule has 0 aromatic heterocycles. The van der Waals surface area contributed by atoms with Gasteiger partial charge in [0.05, 0.1) is 24.9 Å². The van der Waals surface area contributed by atoms with Gasteiger partial charge < -0.3 is 24.4 Å². The molecule has 138 valence electrons. The first kappa shape index (κ1) is 22.3. The molecule has 23 heavy (non-hydrogen) atoms. The van der Waals surface area contributed by atoms with E-state index >= 15 is 0 Å². The highest BCUT2D eigenvalue weighted by Crippen LogP contribution is 2.28. The van der Waals surface area contributed by atoms with E-state index in [0.29, 0.717) is 6.42 Å². The predicted molar refractivity (Wildman–Crippen MR) is 87.9 cm³/mol. The molecule has 0 saturated heterocycles. The van der Waals surface area contributed by atoms with Gasteiger partial charge in [-0.05, 0) is 32.6 Å². The molecule has 0 spiro atoms. The van der Waals surface area contributed by atoms with Crippen LogP contribution < -0.4 is 0 Å². The third kappa shape index (κ3) is 9.91. The molecule has 0 heterocycles. The maximum atomic E-state index is 11.4. The Labute approximate surface area is 140 Å². The van der Waals surface area contributed by atoms with E-state index in [2.05, 4.69) is 0 Å². The summed E-state index contributed by atoms with van der Waals surface area (Å²) >= 11 is 0. The van der Waals surface area contributed by atoms with Gasteiger partial charge in [0.2, 0.25) is 5.79 Å². The van der Waals surface area contributed by atoms with Crippen LogP contribution in [0.1, 0.15) is 61.3 Å². The Hall–Kier alpha value is -0.690. The second kappa shape index (κ2) is 8.97. The van der Waals surface area contributed by atoms with Crippen LogP contribution in [0.5, 0.6) is 0 Å². The molecule has 0 radical (unpaired) electrons. The molecule has 0 aliphatic heterocycles. The first-order valence-electron chi connectivity index (χ1n) is 8.12. The Kier molecular flexibility index (Phi) is 8.70. The molecule has 0 rings (SSSR count). The van der Waals surface area contributed by atoms with E-state index in [4.69, 9.17) is 14.2 Å². The lowest BCUT2D eigenvalue weighted by Crippen LogP contribution is -2.51. The van der Waals surface area contributed by atoms with Gasteiger partial charge in [-0.3, -0.25) is 4.79 Å². The van der Waals surface area contributed by atoms with Gasteiger partial charge in [-0.25, -0.2) is 0 Å². The zero-order chi connectivity index (χ0) is 18.3. The molecule has 2 N–H and O–H groups in total. The Balaban J connectivity index is 5.14. The molecular formula is C17H34O6. The average Bonchev–Trinajstić information content (AvgIpc) is 2.40. The maximum Gasteiger partial charge on any atom is 0.305 e. The van der Waals surface area contributed by atoms with E-state index < -0.39 is 30.7 Å². The van der Waals surface area contributed by atoms with Crippen LogP contribution >= 0.6 is 0 Å². The highest BCUT2D eigenvalue weighted by Gasteiger charge is 2.39. The van der Waals surface area contributed by atoms with E-state index in [1.54, 1.807) is 6.92 Å². The number of carbonyl (C=O) groups is 1. The molecule has 0 saturated carbocycles. The van der Waals surface area contributed by atoms with Crippen molar-refractivity contribution in [3.63, 3.8) is 0 Å². The number of hydrogen-bond acceptors (Lipinski definition) is 6. The third-order valence-electron chi connectivity index (χ3n) is 2.91. The Morgan fingerprint density at radius 3 is 1.91 bits per heavy atom. The number of ether oxygens (including phenoxy) is 3. The number of hydrogen-bond donors (Lipinski definition) is 2. The largest absolute Gasteiger partial charge is 0.463 e. The minimum Gasteiger partial charge on any atom is -0.463 e. The van der Waals surface area contributed by atoms with Crippen molar-refractivity contribution < 1.29 is 29.2 Å². The second-order valence-electron chi connectivity index (χ2n) is 7.98. The zero-order valence-electron chi connectivity index (χ0n) is 15.6. The second-order valence-corrected chi connectivity index (χ2v) is 7.98. The van der Waals surface area contributed by atoms with Crippen molar-refractivity contribution in [2.45, 2.75) is 78.8 Å². The van der Waals surface area contributed by atoms with Crippen LogP contribution in [-0.4, -0.2) is 53.5 Å². The molecule has 1 atom stereocenters. The number of carbonyl (C=O) groups excluding carboxylic acids is 1. The van der Waals surface area contributed by atoms with Crippen molar-refractivity contribution in [2.75, 3.05) is 19.8 Å². The molecule has 0 amide bonds. The molecule has 0 bridgehead atoms. The highest BCUT2D eigenvalue weighted by atomic mass is 16.7. The molecule has 6 heteroatoms. The van der Waals surface area contributed by atoms with Crippen LogP contribution in [0.3, 0.4) is 0 Å². The fraction of sp³-hybridized carbons (Fsp3) is 0.941. The van der Waals surface area contributed by atoms with E-state index in [0.717, 1.165) is 0 Å². The van der Waals surface area contributed by atoms with E-state index in [9.17, 15) is 15.0 Å². The van der Waals surface area contributed by atoms with Crippen molar-refractivity contribution in [2.24, 2.45) is 5.41 Å². The quantitative estimate of drug-likeness (QED) is 0.497. The fourth-order valence-electron chi connectivity index (χ4n) is 2.18. The summed E-state index contributed by atoms with van der Waals surface area (Å²) in [6, 6.07) is 0. The molecule has 6 nitrogen and oxygen atoms in total. The van der Waals surface area contributed by atoms with Gasteiger partial charge in [0, 0.05) is 6.42 Å². The van der Waals surface area contributed by atoms with Crippen molar-refractivity contribution in [1.29, 1.82) is 0 Å². The van der Waals surface area contributed by atoms with Gasteiger partial charge in [-0.1, -0.05) is 27.7 Å². The zero-order valence-corrected chi connectivity index (χ0v) is 15.6. The standard InChI is InChI=1S/C17H34O6/c1-8-14(20)21-10-13(9-15(2,3)4)22-17(11-18,12-19)23-16(5,6)7/h13,18-19H,8-12H2,1-7H3/t13-/m1/s1. The summed E-state index contributed by atoms with van der Waals surface area (Å²) in [6.07, 6.45) is 0.373. The van der Waals surface area contributed by atoms with Crippen molar-refractivity contribution in [1.82, 2.24) is 0 Å². The third-order valence-corrected chi connectivity index (χ3v) is 2.91. The lowest BCUT2D eigenvalue weighted by molar-refractivity contribution is -0.325. The van der Waals surface area contributed by atoms with Gasteiger partial charge >= 0.3 is 5.97 Å². The minimum atomic E-state index is -1.53. The average molecular weight is 334 g/mol. The first-order valence-corrected chi connectivity index (χ1v) is 8.12. The summed E-state index contributed by atoms with van der Waals surface area (Å²) in [6.45, 7) is 12.3. The Morgan fingerprint density at radius 2 is 1.57 bits per heavy atom. The van der Waals surface area contributed by atoms with Crippen LogP contribution in [0.4, 0.5) is 0 Å². The summed E-state index contributed by atoms with van der Waals surface area (Å²) in [5, 5.41) is 19.4. The summed E-state index contributed by atoms with van der Waals surface area (Å²) < 4.78 is 16.8. The molecule has 0 aliphatic carbocycles. The van der Waals surface area contributed by atoms with Crippen molar-refractivity contribution >= 4 is 5.97 Å². The minimum absolute atomic E-state index is 0.0548. The lowest BCUT2D eigenvalue weighted by Gasteiger charge is -2.40. The van der Waals surface area contributed by atoms with E-state index in [-0.39, 0.29) is 24.4 Å². The van der Waals surface area contributed by atoms with Crippen molar-refractivity contribution in [3.05, 3.63) is 0 Å². The van der Waals surface area contributed by atoms with E-state index in [1.165, 1.54) is 0 Å². The number of esters is 1. The summed E-state index contributed by atoms with van der Waals surface area (Å²) in [4.78, 5) is 11.4. The van der Waals surface area contributed by atoms with Gasteiger partial charge in [0.1, 0.15) is 6.61 Å². The lowest BCUT2D eigenvalue weighted by atomic mass is 9.89. The highest BCUT2D eigenvalue weighted by molar-refractivity contribution is 5.68. The molecule has 0 fully saturated rings. The van der Waals surface area contributed by atoms with Crippen LogP contribution in [0.15, 0.2) is 0 Å². The SMILES string of the molecule is CCC(=O)OC[C@@H](CC(C)(C)C)OC(CO)(CO)OC(C)(C)C. The topological polar surface area (TPSA) is 85.2 Å². The monoisotopic (exact) mass is 334 g/mol. The fourth-order valence-corrected chi connectivity index (χ4v) is 2.18. The number of rotatable bonds is 9. The molecule has 0 aliphatic rings. The van der Waals surface area contributed by atoms with Crippen molar-refractivity contribution in [3.8, 4) is 0 Å². The Bertz CT molecular complexity index is 349. The van der Waals surface area contributed by atoms with Gasteiger partial charge in [-0.2, -0.15) is 0 Å². The predicted octanol–water partition coefficient (Wildman–Crippen LogP) is 2.26. The molecular weight excluding hydrogens is 300 g/mol. The normalized spacial score (nSPS) is 14.7. The number of aliphatic hydroxyl groups excluding tert-OH is 2. The molecule has 0 aromatic rings. The van der Waals surface area contributed by atoms with Gasteiger partial charge in [-0.15, -0.1) is 0 Å². The summed E-state index contributed by atoms with van der Waals surface area (Å²) in [5.74, 6) is -1.85. The first-order chi connectivity index (χ1) is 10.4. The Morgan fingerprint density at radius 1 is 1.04 bits per heavy atom. The van der Waals surface area contributed by atoms with Gasteiger partial charge in [0.15, 0.2) is 0 Å². The summed E-state index contributed by atoms with van der Waals surface area (Å²) in [5.41, 5.74) is -0.695. The number of aliphatic hydroxyl groups is 2. The van der Waals surface area contributed by atoms with Crippen LogP contribution in [0.2, 0.25) is 0 Å². The van der Waals surface area contributed by atoms with Crippen LogP contribution in [-0.2, 0) is 19.0 Å². The molecule has 0 unspecified atom stereocenters. The van der Waals surface area contributed by atoms with E-state index in [1.807, 2.05) is 41.5 Å². The molecule has 0 aromatic carbocycles. The maximum absolute atomic E-state index is 11.4. The van der Waals surface area contributed by atoms with Gasteiger partial charge in [0.25, 0.3) is 0 Å². The summed E-state index contributed by atoms with van der Waals surface area (Å²) in [7, 11) is 0.